The smallest absolute Gasteiger partial charge is 0.148 e. The van der Waals surface area contributed by atoms with Crippen molar-refractivity contribution in [3.8, 4) is 11.3 Å². The third kappa shape index (κ3) is 4.59. The predicted octanol–water partition coefficient (Wildman–Crippen LogP) is 5.01. The first kappa shape index (κ1) is 19.3. The molecule has 1 fully saturated rings. The summed E-state index contributed by atoms with van der Waals surface area (Å²) in [7, 11) is 0. The number of anilines is 2. The van der Waals surface area contributed by atoms with E-state index in [0.717, 1.165) is 60.2 Å². The van der Waals surface area contributed by atoms with Gasteiger partial charge in [0.1, 0.15) is 11.6 Å². The zero-order chi connectivity index (χ0) is 20.9. The van der Waals surface area contributed by atoms with Crippen molar-refractivity contribution < 1.29 is 0 Å². The van der Waals surface area contributed by atoms with Crippen molar-refractivity contribution in [2.24, 2.45) is 0 Å². The third-order valence-corrected chi connectivity index (χ3v) is 5.52. The van der Waals surface area contributed by atoms with Crippen LogP contribution in [-0.4, -0.2) is 31.4 Å². The molecule has 1 aliphatic heterocycles. The molecule has 0 aliphatic carbocycles. The molecule has 0 amide bonds. The fourth-order valence-corrected chi connectivity index (χ4v) is 4.03. The van der Waals surface area contributed by atoms with Crippen LogP contribution >= 0.6 is 0 Å². The summed E-state index contributed by atoms with van der Waals surface area (Å²) in [5.41, 5.74) is 4.01. The van der Waals surface area contributed by atoms with Crippen LogP contribution in [0.3, 0.4) is 0 Å². The molecule has 0 bridgehead atoms. The molecular weight excluding hydrogens is 384 g/mol. The number of hydrogen-bond acceptors (Lipinski definition) is 6. The van der Waals surface area contributed by atoms with Crippen molar-refractivity contribution in [2.75, 3.05) is 11.9 Å². The van der Waals surface area contributed by atoms with Crippen LogP contribution in [0, 0.1) is 0 Å². The van der Waals surface area contributed by atoms with Crippen molar-refractivity contribution in [1.29, 1.82) is 0 Å². The monoisotopic (exact) mass is 408 g/mol. The lowest BCUT2D eigenvalue weighted by atomic mass is 10.1. The summed E-state index contributed by atoms with van der Waals surface area (Å²) in [4.78, 5) is 21.0. The van der Waals surface area contributed by atoms with Crippen molar-refractivity contribution in [2.45, 2.75) is 25.4 Å². The van der Waals surface area contributed by atoms with Gasteiger partial charge in [0.05, 0.1) is 17.4 Å². The van der Waals surface area contributed by atoms with Crippen molar-refractivity contribution in [3.63, 3.8) is 0 Å². The summed E-state index contributed by atoms with van der Waals surface area (Å²) >= 11 is 0. The van der Waals surface area contributed by atoms with Gasteiger partial charge in [-0.25, -0.2) is 9.97 Å². The summed E-state index contributed by atoms with van der Waals surface area (Å²) in [6.45, 7) is 1.82. The van der Waals surface area contributed by atoms with Gasteiger partial charge in [0.15, 0.2) is 0 Å². The van der Waals surface area contributed by atoms with Gasteiger partial charge in [-0.15, -0.1) is 0 Å². The van der Waals surface area contributed by atoms with Crippen LogP contribution in [0.4, 0.5) is 11.5 Å². The van der Waals surface area contributed by atoms with Gasteiger partial charge >= 0.3 is 0 Å². The molecule has 0 saturated carbocycles. The minimum Gasteiger partial charge on any atom is -0.340 e. The Morgan fingerprint density at radius 3 is 2.55 bits per heavy atom. The van der Waals surface area contributed by atoms with Crippen LogP contribution in [0.5, 0.6) is 0 Å². The summed E-state index contributed by atoms with van der Waals surface area (Å²) in [5, 5.41) is 3.44. The minimum atomic E-state index is 0.167. The molecule has 1 aromatic carbocycles. The number of nitrogens with one attached hydrogen (secondary N) is 1. The Morgan fingerprint density at radius 2 is 1.74 bits per heavy atom. The molecule has 6 nitrogen and oxygen atoms in total. The van der Waals surface area contributed by atoms with Crippen molar-refractivity contribution in [1.82, 2.24) is 24.8 Å². The zero-order valence-electron chi connectivity index (χ0n) is 17.2. The normalized spacial score (nSPS) is 16.3. The van der Waals surface area contributed by atoms with Gasteiger partial charge in [0.25, 0.3) is 0 Å². The number of pyridine rings is 2. The first-order valence-electron chi connectivity index (χ1n) is 10.6. The molecule has 4 heterocycles. The van der Waals surface area contributed by atoms with Crippen LogP contribution in [0.1, 0.15) is 30.4 Å². The second-order valence-corrected chi connectivity index (χ2v) is 7.67. The Morgan fingerprint density at radius 1 is 0.903 bits per heavy atom. The Balaban J connectivity index is 1.50. The zero-order valence-corrected chi connectivity index (χ0v) is 17.2. The molecule has 31 heavy (non-hydrogen) atoms. The van der Waals surface area contributed by atoms with E-state index in [1.54, 1.807) is 12.4 Å². The number of hydrogen-bond donors (Lipinski definition) is 1. The maximum Gasteiger partial charge on any atom is 0.148 e. The summed E-state index contributed by atoms with van der Waals surface area (Å²) in [6.07, 6.45) is 7.61. The molecule has 0 radical (unpaired) electrons. The highest BCUT2D eigenvalue weighted by atomic mass is 15.2. The number of likely N-dealkylation sites (tertiary alicyclic amines) is 1. The lowest BCUT2D eigenvalue weighted by Gasteiger charge is -2.24. The van der Waals surface area contributed by atoms with Gasteiger partial charge in [-0.3, -0.25) is 14.9 Å². The summed E-state index contributed by atoms with van der Waals surface area (Å²) in [5.74, 6) is 1.65. The molecule has 0 spiro atoms. The van der Waals surface area contributed by atoms with Crippen LogP contribution in [-0.2, 0) is 6.54 Å². The molecule has 4 aromatic rings. The van der Waals surface area contributed by atoms with E-state index in [-0.39, 0.29) is 6.04 Å². The standard InChI is InChI=1S/C25H24N6/c1-2-7-20(8-3-1)28-24-17-22(19-11-14-26-15-12-19)29-25(30-24)23-10-6-16-31(23)18-21-9-4-5-13-27-21/h1-5,7-9,11-15,17,23H,6,10,16,18H2,(H,28,29,30). The van der Waals surface area contributed by atoms with Crippen molar-refractivity contribution >= 4 is 11.5 Å². The van der Waals surface area contributed by atoms with E-state index in [4.69, 9.17) is 9.97 Å². The predicted molar refractivity (Wildman–Crippen MR) is 122 cm³/mol. The molecular formula is C25H24N6. The molecule has 1 saturated heterocycles. The largest absolute Gasteiger partial charge is 0.340 e. The highest BCUT2D eigenvalue weighted by Gasteiger charge is 2.29. The SMILES string of the molecule is c1ccc(Nc2cc(-c3ccncc3)nc(C3CCCN3Cc3ccccn3)n2)cc1. The van der Waals surface area contributed by atoms with E-state index >= 15 is 0 Å². The topological polar surface area (TPSA) is 66.8 Å². The van der Waals surface area contributed by atoms with Crippen LogP contribution in [0.15, 0.2) is 85.3 Å². The second kappa shape index (κ2) is 9.02. The highest BCUT2D eigenvalue weighted by molar-refractivity contribution is 5.65. The Kier molecular flexibility index (Phi) is 5.62. The van der Waals surface area contributed by atoms with Gasteiger partial charge < -0.3 is 5.32 Å². The van der Waals surface area contributed by atoms with E-state index in [1.165, 1.54) is 0 Å². The maximum atomic E-state index is 4.98. The lowest BCUT2D eigenvalue weighted by molar-refractivity contribution is 0.237. The first-order chi connectivity index (χ1) is 15.3. The van der Waals surface area contributed by atoms with Crippen LogP contribution < -0.4 is 5.32 Å². The van der Waals surface area contributed by atoms with Gasteiger partial charge in [-0.1, -0.05) is 24.3 Å². The average molecular weight is 409 g/mol. The number of aromatic nitrogens is 4. The summed E-state index contributed by atoms with van der Waals surface area (Å²) in [6, 6.07) is 22.3. The lowest BCUT2D eigenvalue weighted by Crippen LogP contribution is -2.25. The first-order valence-corrected chi connectivity index (χ1v) is 10.6. The Bertz CT molecular complexity index is 1120. The average Bonchev–Trinajstić information content (AvgIpc) is 3.29. The van der Waals surface area contributed by atoms with Gasteiger partial charge in [-0.2, -0.15) is 0 Å². The molecule has 3 aromatic heterocycles. The van der Waals surface area contributed by atoms with Gasteiger partial charge in [-0.05, 0) is 55.8 Å². The van der Waals surface area contributed by atoms with E-state index < -0.39 is 0 Å². The molecule has 154 valence electrons. The number of para-hydroxylation sites is 1. The third-order valence-electron chi connectivity index (χ3n) is 5.52. The quantitative estimate of drug-likeness (QED) is 0.483. The second-order valence-electron chi connectivity index (χ2n) is 7.67. The molecule has 1 atom stereocenters. The molecule has 1 N–H and O–H groups in total. The molecule has 1 unspecified atom stereocenters. The highest BCUT2D eigenvalue weighted by Crippen LogP contribution is 2.33. The van der Waals surface area contributed by atoms with E-state index in [0.29, 0.717) is 0 Å². The van der Waals surface area contributed by atoms with Gasteiger partial charge in [0.2, 0.25) is 0 Å². The molecule has 1 aliphatic rings. The fraction of sp³-hybridized carbons (Fsp3) is 0.200. The van der Waals surface area contributed by atoms with Crippen LogP contribution in [0.25, 0.3) is 11.3 Å². The number of rotatable bonds is 6. The number of nitrogens with zero attached hydrogens (tertiary/aromatic N) is 5. The van der Waals surface area contributed by atoms with E-state index in [1.807, 2.05) is 66.9 Å². The fourth-order valence-electron chi connectivity index (χ4n) is 4.03. The van der Waals surface area contributed by atoms with E-state index in [2.05, 4.69) is 26.3 Å². The van der Waals surface area contributed by atoms with Crippen molar-refractivity contribution in [3.05, 3.63) is 96.8 Å². The Labute approximate surface area is 182 Å². The molecule has 6 heteroatoms. The maximum absolute atomic E-state index is 4.98. The Hall–Kier alpha value is -3.64. The van der Waals surface area contributed by atoms with E-state index in [9.17, 15) is 0 Å². The van der Waals surface area contributed by atoms with Crippen LogP contribution in [0.2, 0.25) is 0 Å². The summed E-state index contributed by atoms with van der Waals surface area (Å²) < 4.78 is 0. The van der Waals surface area contributed by atoms with Gasteiger partial charge in [0, 0.05) is 42.5 Å². The molecule has 5 rings (SSSR count). The number of benzene rings is 1. The minimum absolute atomic E-state index is 0.167.